The summed E-state index contributed by atoms with van der Waals surface area (Å²) in [6, 6.07) is -2.25. The van der Waals surface area contributed by atoms with E-state index in [0.717, 1.165) is 25.7 Å². The molecule has 1 heterocycles. The van der Waals surface area contributed by atoms with Crippen molar-refractivity contribution in [1.82, 2.24) is 4.90 Å². The van der Waals surface area contributed by atoms with E-state index in [4.69, 9.17) is 16.6 Å². The Morgan fingerprint density at radius 1 is 1.08 bits per heavy atom. The molecular weight excluding hydrogens is 354 g/mol. The molecule has 0 aromatic heterocycles. The average molecular weight is 388 g/mol. The maximum absolute atomic E-state index is 13.1. The molecule has 150 valence electrons. The number of carbonyl (C=O) groups excluding carboxylic acids is 2. The molecule has 1 rings (SSSR count). The summed E-state index contributed by atoms with van der Waals surface area (Å²) in [6.07, 6.45) is 2.87. The molecule has 0 aromatic rings. The van der Waals surface area contributed by atoms with E-state index in [1.54, 1.807) is 6.92 Å². The van der Waals surface area contributed by atoms with Gasteiger partial charge in [-0.15, -0.1) is 11.8 Å². The maximum Gasteiger partial charge on any atom is 0.305 e. The smallest absolute Gasteiger partial charge is 0.305 e. The number of carboxylic acid groups (broad SMARTS) is 1. The van der Waals surface area contributed by atoms with Gasteiger partial charge in [-0.2, -0.15) is 0 Å². The third-order valence-electron chi connectivity index (χ3n) is 5.87. The van der Waals surface area contributed by atoms with Gasteiger partial charge in [0, 0.05) is 9.49 Å². The van der Waals surface area contributed by atoms with Crippen LogP contribution < -0.4 is 11.5 Å². The van der Waals surface area contributed by atoms with Crippen LogP contribution in [-0.2, 0) is 14.4 Å². The van der Waals surface area contributed by atoms with Crippen molar-refractivity contribution in [3.63, 3.8) is 0 Å². The molecule has 0 unspecified atom stereocenters. The van der Waals surface area contributed by atoms with Gasteiger partial charge in [-0.3, -0.25) is 14.4 Å². The fraction of sp³-hybridized carbons (Fsp3) is 0.833. The fourth-order valence-electron chi connectivity index (χ4n) is 4.15. The van der Waals surface area contributed by atoms with Gasteiger partial charge < -0.3 is 21.5 Å². The van der Waals surface area contributed by atoms with Gasteiger partial charge in [0.05, 0.1) is 18.5 Å². The van der Waals surface area contributed by atoms with Crippen molar-refractivity contribution in [2.24, 2.45) is 11.5 Å². The highest BCUT2D eigenvalue weighted by atomic mass is 32.2. The molecule has 1 fully saturated rings. The summed E-state index contributed by atoms with van der Waals surface area (Å²) in [5.41, 5.74) is 11.4. The standard InChI is InChI=1S/C18H33N3O4S/c1-6-17(7-2)16(18(8-3,9-4)26-17)21(11(5)14(20)24)15(25)12(19)10-13(22)23/h11-12,16H,6-10,19H2,1-5H3,(H2,20,24)(H,22,23)/t11-,12+/m1/s1. The van der Waals surface area contributed by atoms with Crippen LogP contribution in [0.25, 0.3) is 0 Å². The first-order valence-corrected chi connectivity index (χ1v) is 10.2. The van der Waals surface area contributed by atoms with Crippen LogP contribution in [0.15, 0.2) is 0 Å². The van der Waals surface area contributed by atoms with Crippen molar-refractivity contribution in [3.8, 4) is 0 Å². The molecule has 0 bridgehead atoms. The molecule has 2 atom stereocenters. The fourth-order valence-corrected chi connectivity index (χ4v) is 6.26. The van der Waals surface area contributed by atoms with Gasteiger partial charge in [0.15, 0.2) is 0 Å². The molecule has 5 N–H and O–H groups in total. The SMILES string of the molecule is CCC1(CC)SC(CC)(CC)C1N(C(=O)[C@@H](N)CC(=O)O)[C@H](C)C(N)=O. The lowest BCUT2D eigenvalue weighted by molar-refractivity contribution is -0.148. The summed E-state index contributed by atoms with van der Waals surface area (Å²) in [6.45, 7) is 9.91. The summed E-state index contributed by atoms with van der Waals surface area (Å²) >= 11 is 1.87. The van der Waals surface area contributed by atoms with E-state index in [-0.39, 0.29) is 15.5 Å². The van der Waals surface area contributed by atoms with Crippen LogP contribution in [0.2, 0.25) is 0 Å². The number of hydrogen-bond donors (Lipinski definition) is 3. The first-order chi connectivity index (χ1) is 12.1. The second kappa shape index (κ2) is 8.61. The Morgan fingerprint density at radius 2 is 1.50 bits per heavy atom. The third-order valence-corrected chi connectivity index (χ3v) is 8.28. The summed E-state index contributed by atoms with van der Waals surface area (Å²) in [7, 11) is 0. The van der Waals surface area contributed by atoms with Gasteiger partial charge in [0.1, 0.15) is 6.04 Å². The Labute approximate surface area is 160 Å². The Balaban J connectivity index is 3.43. The molecule has 0 radical (unpaired) electrons. The van der Waals surface area contributed by atoms with Crippen molar-refractivity contribution >= 4 is 29.5 Å². The topological polar surface area (TPSA) is 127 Å². The Kier molecular flexibility index (Phi) is 7.53. The molecule has 0 aliphatic carbocycles. The van der Waals surface area contributed by atoms with E-state index in [9.17, 15) is 14.4 Å². The third kappa shape index (κ3) is 3.86. The first kappa shape index (κ1) is 22.8. The van der Waals surface area contributed by atoms with Gasteiger partial charge >= 0.3 is 5.97 Å². The zero-order valence-electron chi connectivity index (χ0n) is 16.4. The molecule has 26 heavy (non-hydrogen) atoms. The summed E-state index contributed by atoms with van der Waals surface area (Å²) < 4.78 is -0.372. The van der Waals surface area contributed by atoms with E-state index in [2.05, 4.69) is 27.7 Å². The van der Waals surface area contributed by atoms with Gasteiger partial charge in [-0.25, -0.2) is 0 Å². The van der Waals surface area contributed by atoms with Gasteiger partial charge in [-0.05, 0) is 32.6 Å². The molecular formula is C18H33N3O4S. The number of thioether (sulfide) groups is 1. The zero-order chi connectivity index (χ0) is 20.3. The molecule has 1 saturated heterocycles. The minimum Gasteiger partial charge on any atom is -0.481 e. The predicted octanol–water partition coefficient (Wildman–Crippen LogP) is 1.72. The average Bonchev–Trinajstić information content (AvgIpc) is 2.58. The van der Waals surface area contributed by atoms with Crippen LogP contribution >= 0.6 is 11.8 Å². The molecule has 0 saturated carbocycles. The predicted molar refractivity (Wildman–Crippen MR) is 104 cm³/mol. The van der Waals surface area contributed by atoms with Crippen molar-refractivity contribution in [3.05, 3.63) is 0 Å². The molecule has 0 aromatic carbocycles. The number of carboxylic acids is 1. The number of aliphatic carboxylic acids is 1. The number of rotatable bonds is 10. The molecule has 2 amide bonds. The Morgan fingerprint density at radius 3 is 1.81 bits per heavy atom. The Hall–Kier alpha value is -1.28. The number of primary amides is 1. The quantitative estimate of drug-likeness (QED) is 0.524. The highest BCUT2D eigenvalue weighted by Gasteiger charge is 2.64. The van der Waals surface area contributed by atoms with Crippen LogP contribution in [0.3, 0.4) is 0 Å². The number of nitrogens with zero attached hydrogens (tertiary/aromatic N) is 1. The Bertz CT molecular complexity index is 529. The van der Waals surface area contributed by atoms with Crippen LogP contribution in [0, 0.1) is 0 Å². The van der Waals surface area contributed by atoms with E-state index < -0.39 is 36.3 Å². The lowest BCUT2D eigenvalue weighted by Gasteiger charge is -2.66. The molecule has 1 aliphatic rings. The van der Waals surface area contributed by atoms with Gasteiger partial charge in [0.25, 0.3) is 0 Å². The summed E-state index contributed by atoms with van der Waals surface area (Å²) in [5, 5.41) is 9.02. The van der Waals surface area contributed by atoms with Gasteiger partial charge in [0.2, 0.25) is 11.8 Å². The minimum atomic E-state index is -1.20. The molecule has 7 nitrogen and oxygen atoms in total. The lowest BCUT2D eigenvalue weighted by Crippen LogP contribution is -2.75. The minimum absolute atomic E-state index is 0.186. The van der Waals surface area contributed by atoms with E-state index in [0.29, 0.717) is 0 Å². The maximum atomic E-state index is 13.1. The first-order valence-electron chi connectivity index (χ1n) is 9.34. The number of amides is 2. The second-order valence-electron chi connectivity index (χ2n) is 7.08. The zero-order valence-corrected chi connectivity index (χ0v) is 17.3. The van der Waals surface area contributed by atoms with E-state index >= 15 is 0 Å². The molecule has 0 spiro atoms. The van der Waals surface area contributed by atoms with Crippen LogP contribution in [0.4, 0.5) is 0 Å². The lowest BCUT2D eigenvalue weighted by atomic mass is 9.76. The molecule has 1 aliphatic heterocycles. The monoisotopic (exact) mass is 387 g/mol. The van der Waals surface area contributed by atoms with Crippen LogP contribution in [0.5, 0.6) is 0 Å². The number of nitrogens with two attached hydrogens (primary N) is 2. The van der Waals surface area contributed by atoms with Crippen molar-refractivity contribution in [2.45, 2.75) is 94.3 Å². The van der Waals surface area contributed by atoms with E-state index in [1.165, 1.54) is 4.90 Å². The largest absolute Gasteiger partial charge is 0.481 e. The highest BCUT2D eigenvalue weighted by Crippen LogP contribution is 2.63. The molecule has 8 heteroatoms. The summed E-state index contributed by atoms with van der Waals surface area (Å²) in [4.78, 5) is 37.6. The van der Waals surface area contributed by atoms with Crippen LogP contribution in [-0.4, -0.2) is 55.4 Å². The van der Waals surface area contributed by atoms with Crippen molar-refractivity contribution in [2.75, 3.05) is 0 Å². The van der Waals surface area contributed by atoms with E-state index in [1.807, 2.05) is 11.8 Å². The highest BCUT2D eigenvalue weighted by molar-refractivity contribution is 8.03. The van der Waals surface area contributed by atoms with Crippen molar-refractivity contribution in [1.29, 1.82) is 0 Å². The summed E-state index contributed by atoms with van der Waals surface area (Å²) in [5.74, 6) is -2.27. The second-order valence-corrected chi connectivity index (χ2v) is 8.91. The number of carbonyl (C=O) groups is 3. The van der Waals surface area contributed by atoms with Crippen LogP contribution in [0.1, 0.15) is 66.7 Å². The van der Waals surface area contributed by atoms with Crippen molar-refractivity contribution < 1.29 is 19.5 Å². The normalized spacial score (nSPS) is 20.7. The number of hydrogen-bond acceptors (Lipinski definition) is 5. The van der Waals surface area contributed by atoms with Gasteiger partial charge in [-0.1, -0.05) is 27.7 Å².